The average molecular weight is 396 g/mol. The molecule has 0 aliphatic rings. The Morgan fingerprint density at radius 1 is 0.767 bits per heavy atom. The van der Waals surface area contributed by atoms with Gasteiger partial charge in [0.05, 0.1) is 29.2 Å². The number of hydrogen-bond donors (Lipinski definition) is 2. The molecule has 0 bridgehead atoms. The van der Waals surface area contributed by atoms with Gasteiger partial charge in [0.2, 0.25) is 0 Å². The second-order valence-electron chi connectivity index (χ2n) is 7.73. The Bertz CT molecular complexity index is 1220. The molecule has 0 aliphatic carbocycles. The molecular formula is C25H24N4O. The van der Waals surface area contributed by atoms with Gasteiger partial charge in [-0.25, -0.2) is 9.97 Å². The van der Waals surface area contributed by atoms with E-state index in [0.29, 0.717) is 0 Å². The van der Waals surface area contributed by atoms with Crippen LogP contribution in [0.25, 0.3) is 22.1 Å². The van der Waals surface area contributed by atoms with Gasteiger partial charge >= 0.3 is 0 Å². The number of nitrogens with zero attached hydrogens (tertiary/aromatic N) is 2. The topological polar surface area (TPSA) is 66.6 Å². The molecule has 5 rings (SSSR count). The summed E-state index contributed by atoms with van der Waals surface area (Å²) in [7, 11) is 1.69. The highest BCUT2D eigenvalue weighted by atomic mass is 16.5. The van der Waals surface area contributed by atoms with Gasteiger partial charge in [-0.1, -0.05) is 43.3 Å². The van der Waals surface area contributed by atoms with Crippen LogP contribution < -0.4 is 4.74 Å². The zero-order chi connectivity index (χ0) is 20.5. The van der Waals surface area contributed by atoms with Crippen molar-refractivity contribution in [1.82, 2.24) is 19.9 Å². The van der Waals surface area contributed by atoms with E-state index in [9.17, 15) is 0 Å². The number of aromatic nitrogens is 4. The fraction of sp³-hybridized carbons (Fsp3) is 0.200. The molecule has 5 aromatic rings. The number of ether oxygens (including phenoxy) is 1. The Morgan fingerprint density at radius 3 is 1.93 bits per heavy atom. The molecule has 0 amide bonds. The Balaban J connectivity index is 1.55. The Morgan fingerprint density at radius 2 is 1.33 bits per heavy atom. The molecule has 150 valence electrons. The highest BCUT2D eigenvalue weighted by Crippen LogP contribution is 2.35. The Hall–Kier alpha value is -3.60. The first kappa shape index (κ1) is 18.4. The van der Waals surface area contributed by atoms with E-state index in [1.54, 1.807) is 7.11 Å². The van der Waals surface area contributed by atoms with E-state index in [0.717, 1.165) is 45.9 Å². The maximum Gasteiger partial charge on any atom is 0.118 e. The van der Waals surface area contributed by atoms with E-state index in [4.69, 9.17) is 14.7 Å². The zero-order valence-corrected chi connectivity index (χ0v) is 17.1. The molecule has 5 nitrogen and oxygen atoms in total. The molecule has 2 aromatic heterocycles. The minimum atomic E-state index is 0.145. The molecule has 2 N–H and O–H groups in total. The normalized spacial score (nSPS) is 13.5. The number of imidazole rings is 2. The smallest absolute Gasteiger partial charge is 0.118 e. The van der Waals surface area contributed by atoms with Crippen LogP contribution in [0, 0.1) is 0 Å². The molecule has 0 saturated heterocycles. The molecular weight excluding hydrogens is 372 g/mol. The summed E-state index contributed by atoms with van der Waals surface area (Å²) in [6.45, 7) is 2.22. The van der Waals surface area contributed by atoms with Gasteiger partial charge in [0.15, 0.2) is 0 Å². The van der Waals surface area contributed by atoms with Crippen molar-refractivity contribution in [3.05, 3.63) is 90.0 Å². The summed E-state index contributed by atoms with van der Waals surface area (Å²) >= 11 is 0. The number of rotatable bonds is 6. The van der Waals surface area contributed by atoms with Crippen LogP contribution in [-0.2, 0) is 6.42 Å². The third-order valence-corrected chi connectivity index (χ3v) is 5.82. The molecule has 0 aliphatic heterocycles. The monoisotopic (exact) mass is 396 g/mol. The van der Waals surface area contributed by atoms with Gasteiger partial charge in [0.1, 0.15) is 17.4 Å². The van der Waals surface area contributed by atoms with Gasteiger partial charge in [-0.15, -0.1) is 0 Å². The van der Waals surface area contributed by atoms with Crippen LogP contribution in [0.5, 0.6) is 5.75 Å². The van der Waals surface area contributed by atoms with Gasteiger partial charge in [0, 0.05) is 11.8 Å². The fourth-order valence-corrected chi connectivity index (χ4v) is 4.05. The minimum absolute atomic E-state index is 0.145. The molecule has 0 spiro atoms. The van der Waals surface area contributed by atoms with Crippen LogP contribution in [-0.4, -0.2) is 27.0 Å². The number of hydrogen-bond acceptors (Lipinski definition) is 3. The average Bonchev–Trinajstić information content (AvgIpc) is 3.41. The standard InChI is InChI=1S/C25H24N4O/c1-16(24-26-20-7-3-4-8-21(20)27-24)19(15-17-11-13-18(30-2)14-12-17)25-28-22-9-5-6-10-23(22)29-25/h3-14,16,19H,15H2,1-2H3,(H,26,27)(H,28,29)/t16-,19-/m1/s1. The molecule has 0 unspecified atom stereocenters. The Labute approximate surface area is 175 Å². The van der Waals surface area contributed by atoms with E-state index in [2.05, 4.69) is 41.2 Å². The van der Waals surface area contributed by atoms with Crippen molar-refractivity contribution in [2.75, 3.05) is 7.11 Å². The quantitative estimate of drug-likeness (QED) is 0.394. The van der Waals surface area contributed by atoms with E-state index in [-0.39, 0.29) is 11.8 Å². The van der Waals surface area contributed by atoms with Crippen molar-refractivity contribution in [3.63, 3.8) is 0 Å². The summed E-state index contributed by atoms with van der Waals surface area (Å²) in [6.07, 6.45) is 0.849. The summed E-state index contributed by atoms with van der Waals surface area (Å²) in [6, 6.07) is 24.6. The largest absolute Gasteiger partial charge is 0.497 e. The molecule has 2 atom stereocenters. The maximum atomic E-state index is 5.32. The third-order valence-electron chi connectivity index (χ3n) is 5.82. The molecule has 3 aromatic carbocycles. The molecule has 0 fully saturated rings. The van der Waals surface area contributed by atoms with E-state index in [1.165, 1.54) is 5.56 Å². The van der Waals surface area contributed by atoms with E-state index in [1.807, 2.05) is 48.5 Å². The van der Waals surface area contributed by atoms with Crippen molar-refractivity contribution >= 4 is 22.1 Å². The van der Waals surface area contributed by atoms with Gasteiger partial charge in [-0.2, -0.15) is 0 Å². The molecule has 5 heteroatoms. The summed E-state index contributed by atoms with van der Waals surface area (Å²) in [5.41, 5.74) is 5.34. The first-order valence-electron chi connectivity index (χ1n) is 10.2. The fourth-order valence-electron chi connectivity index (χ4n) is 4.05. The van der Waals surface area contributed by atoms with Crippen LogP contribution >= 0.6 is 0 Å². The summed E-state index contributed by atoms with van der Waals surface area (Å²) in [5.74, 6) is 3.13. The second kappa shape index (κ2) is 7.67. The van der Waals surface area contributed by atoms with E-state index < -0.39 is 0 Å². The lowest BCUT2D eigenvalue weighted by Crippen LogP contribution is -2.14. The zero-order valence-electron chi connectivity index (χ0n) is 17.1. The summed E-state index contributed by atoms with van der Waals surface area (Å²) in [5, 5.41) is 0. The van der Waals surface area contributed by atoms with Crippen molar-refractivity contribution in [2.45, 2.75) is 25.2 Å². The number of benzene rings is 3. The van der Waals surface area contributed by atoms with Crippen molar-refractivity contribution < 1.29 is 4.74 Å². The van der Waals surface area contributed by atoms with E-state index >= 15 is 0 Å². The first-order valence-corrected chi connectivity index (χ1v) is 10.2. The lowest BCUT2D eigenvalue weighted by atomic mass is 9.86. The second-order valence-corrected chi connectivity index (χ2v) is 7.73. The van der Waals surface area contributed by atoms with Gasteiger partial charge in [-0.3, -0.25) is 0 Å². The predicted octanol–water partition coefficient (Wildman–Crippen LogP) is 5.58. The highest BCUT2D eigenvalue weighted by molar-refractivity contribution is 5.75. The van der Waals surface area contributed by atoms with Crippen molar-refractivity contribution in [2.24, 2.45) is 0 Å². The van der Waals surface area contributed by atoms with Crippen LogP contribution in [0.4, 0.5) is 0 Å². The number of para-hydroxylation sites is 4. The number of nitrogens with one attached hydrogen (secondary N) is 2. The summed E-state index contributed by atoms with van der Waals surface area (Å²) < 4.78 is 5.32. The van der Waals surface area contributed by atoms with Crippen LogP contribution in [0.3, 0.4) is 0 Å². The molecule has 30 heavy (non-hydrogen) atoms. The maximum absolute atomic E-state index is 5.32. The SMILES string of the molecule is COc1ccc(C[C@@H](c2nc3ccccc3[nH]2)[C@@H](C)c2nc3ccccc3[nH]2)cc1. The molecule has 0 saturated carbocycles. The van der Waals surface area contributed by atoms with Crippen LogP contribution in [0.2, 0.25) is 0 Å². The number of methoxy groups -OCH3 is 1. The highest BCUT2D eigenvalue weighted by Gasteiger charge is 2.27. The lowest BCUT2D eigenvalue weighted by Gasteiger charge is -2.21. The molecule has 0 radical (unpaired) electrons. The number of H-pyrrole nitrogens is 2. The predicted molar refractivity (Wildman–Crippen MR) is 120 cm³/mol. The third kappa shape index (κ3) is 3.43. The first-order chi connectivity index (χ1) is 14.7. The minimum Gasteiger partial charge on any atom is -0.497 e. The van der Waals surface area contributed by atoms with Gasteiger partial charge < -0.3 is 14.7 Å². The van der Waals surface area contributed by atoms with Crippen molar-refractivity contribution in [3.8, 4) is 5.75 Å². The van der Waals surface area contributed by atoms with Crippen LogP contribution in [0.15, 0.2) is 72.8 Å². The van der Waals surface area contributed by atoms with Crippen molar-refractivity contribution in [1.29, 1.82) is 0 Å². The number of fused-ring (bicyclic) bond motifs is 2. The van der Waals surface area contributed by atoms with Crippen LogP contribution in [0.1, 0.15) is 36.0 Å². The van der Waals surface area contributed by atoms with Gasteiger partial charge in [0.25, 0.3) is 0 Å². The lowest BCUT2D eigenvalue weighted by molar-refractivity contribution is 0.414. The molecule has 2 heterocycles. The summed E-state index contributed by atoms with van der Waals surface area (Å²) in [4.78, 5) is 16.8. The number of aromatic amines is 2. The Kier molecular flexibility index (Phi) is 4.71. The van der Waals surface area contributed by atoms with Gasteiger partial charge in [-0.05, 0) is 48.4 Å².